The van der Waals surface area contributed by atoms with Crippen molar-refractivity contribution in [1.82, 2.24) is 14.5 Å². The molecule has 0 aliphatic heterocycles. The zero-order chi connectivity index (χ0) is 19.3. The predicted octanol–water partition coefficient (Wildman–Crippen LogP) is 2.14. The van der Waals surface area contributed by atoms with Crippen molar-refractivity contribution in [2.24, 2.45) is 7.05 Å². The summed E-state index contributed by atoms with van der Waals surface area (Å²) in [7, 11) is -1.27. The van der Waals surface area contributed by atoms with E-state index in [1.807, 2.05) is 30.3 Å². The highest BCUT2D eigenvalue weighted by atomic mass is 35.5. The number of carbonyl (C=O) groups excluding carboxylic acids is 1. The second-order valence-corrected chi connectivity index (χ2v) is 8.57. The number of hydrogen-bond acceptors (Lipinski definition) is 6. The SMILES string of the molecule is COC(=O)[C@H](CSCc1ccccc1)NS(=O)(=O)c1c(C)nn(C)c1Cl. The van der Waals surface area contributed by atoms with Gasteiger partial charge in [0.05, 0.1) is 12.8 Å². The van der Waals surface area contributed by atoms with E-state index in [-0.39, 0.29) is 21.5 Å². The summed E-state index contributed by atoms with van der Waals surface area (Å²) in [5.41, 5.74) is 1.33. The Kier molecular flexibility index (Phi) is 7.10. The largest absolute Gasteiger partial charge is 0.468 e. The van der Waals surface area contributed by atoms with Gasteiger partial charge in [-0.05, 0) is 12.5 Å². The van der Waals surface area contributed by atoms with Gasteiger partial charge in [0.2, 0.25) is 10.0 Å². The van der Waals surface area contributed by atoms with Crippen molar-refractivity contribution in [1.29, 1.82) is 0 Å². The Hall–Kier alpha value is -1.55. The number of hydrogen-bond donors (Lipinski definition) is 1. The van der Waals surface area contributed by atoms with E-state index < -0.39 is 22.0 Å². The van der Waals surface area contributed by atoms with E-state index >= 15 is 0 Å². The number of aromatic nitrogens is 2. The van der Waals surface area contributed by atoms with Gasteiger partial charge in [-0.25, -0.2) is 8.42 Å². The van der Waals surface area contributed by atoms with Crippen LogP contribution >= 0.6 is 23.4 Å². The minimum Gasteiger partial charge on any atom is -0.468 e. The first kappa shape index (κ1) is 20.8. The van der Waals surface area contributed by atoms with Crippen molar-refractivity contribution in [3.63, 3.8) is 0 Å². The van der Waals surface area contributed by atoms with Crippen LogP contribution in [0, 0.1) is 6.92 Å². The molecule has 0 radical (unpaired) electrons. The standard InChI is InChI=1S/C16H20ClN3O4S2/c1-11-14(15(17)20(2)18-11)26(22,23)19-13(16(21)24-3)10-25-9-12-7-5-4-6-8-12/h4-8,13,19H,9-10H2,1-3H3/t13-/m0/s1. The quantitative estimate of drug-likeness (QED) is 0.662. The van der Waals surface area contributed by atoms with E-state index in [2.05, 4.69) is 9.82 Å². The van der Waals surface area contributed by atoms with E-state index in [0.717, 1.165) is 5.56 Å². The van der Waals surface area contributed by atoms with Gasteiger partial charge in [0, 0.05) is 18.6 Å². The number of nitrogens with zero attached hydrogens (tertiary/aromatic N) is 2. The molecule has 1 heterocycles. The number of sulfonamides is 1. The third-order valence-corrected chi connectivity index (χ3v) is 6.82. The number of ether oxygens (including phenoxy) is 1. The Morgan fingerprint density at radius 3 is 2.58 bits per heavy atom. The number of nitrogens with one attached hydrogen (secondary N) is 1. The lowest BCUT2D eigenvalue weighted by Gasteiger charge is -2.16. The lowest BCUT2D eigenvalue weighted by molar-refractivity contribution is -0.141. The van der Waals surface area contributed by atoms with Crippen LogP contribution < -0.4 is 4.72 Å². The van der Waals surface area contributed by atoms with E-state index in [0.29, 0.717) is 5.75 Å². The van der Waals surface area contributed by atoms with Crippen LogP contribution in [0.2, 0.25) is 5.15 Å². The van der Waals surface area contributed by atoms with E-state index in [1.165, 1.54) is 30.5 Å². The molecule has 0 amide bonds. The molecule has 1 N–H and O–H groups in total. The number of benzene rings is 1. The molecular weight excluding hydrogens is 398 g/mol. The Bertz CT molecular complexity index is 869. The number of rotatable bonds is 8. The Morgan fingerprint density at radius 1 is 1.38 bits per heavy atom. The summed E-state index contributed by atoms with van der Waals surface area (Å²) in [6.45, 7) is 1.54. The normalized spacial score (nSPS) is 12.8. The summed E-state index contributed by atoms with van der Waals surface area (Å²) in [5, 5.41) is 3.98. The minimum atomic E-state index is -4.03. The van der Waals surface area contributed by atoms with Crippen LogP contribution in [-0.4, -0.2) is 43.1 Å². The molecule has 1 atom stereocenters. The van der Waals surface area contributed by atoms with Gasteiger partial charge in [0.25, 0.3) is 0 Å². The summed E-state index contributed by atoms with van der Waals surface area (Å²) in [5.74, 6) is 0.201. The molecule has 2 rings (SSSR count). The van der Waals surface area contributed by atoms with Gasteiger partial charge >= 0.3 is 5.97 Å². The molecule has 10 heteroatoms. The number of aryl methyl sites for hydroxylation is 2. The molecule has 26 heavy (non-hydrogen) atoms. The smallest absolute Gasteiger partial charge is 0.324 e. The molecule has 7 nitrogen and oxygen atoms in total. The van der Waals surface area contributed by atoms with Gasteiger partial charge in [-0.1, -0.05) is 41.9 Å². The maximum absolute atomic E-state index is 12.7. The lowest BCUT2D eigenvalue weighted by Crippen LogP contribution is -2.43. The molecular formula is C16H20ClN3O4S2. The second kappa shape index (κ2) is 8.90. The highest BCUT2D eigenvalue weighted by molar-refractivity contribution is 7.98. The number of thioether (sulfide) groups is 1. The molecule has 0 aliphatic rings. The van der Waals surface area contributed by atoms with Gasteiger partial charge in [-0.15, -0.1) is 0 Å². The van der Waals surface area contributed by atoms with Crippen molar-refractivity contribution in [3.8, 4) is 0 Å². The fourth-order valence-corrected chi connectivity index (χ4v) is 5.36. The van der Waals surface area contributed by atoms with Gasteiger partial charge in [0.1, 0.15) is 16.1 Å². The topological polar surface area (TPSA) is 90.3 Å². The molecule has 2 aromatic rings. The fraction of sp³-hybridized carbons (Fsp3) is 0.375. The van der Waals surface area contributed by atoms with Crippen LogP contribution in [0.5, 0.6) is 0 Å². The number of halogens is 1. The van der Waals surface area contributed by atoms with Crippen LogP contribution in [-0.2, 0) is 32.4 Å². The highest BCUT2D eigenvalue weighted by Gasteiger charge is 2.31. The maximum atomic E-state index is 12.7. The van der Waals surface area contributed by atoms with Crippen molar-refractivity contribution in [2.75, 3.05) is 12.9 Å². The average molecular weight is 418 g/mol. The van der Waals surface area contributed by atoms with Crippen LogP contribution in [0.3, 0.4) is 0 Å². The predicted molar refractivity (Wildman–Crippen MR) is 102 cm³/mol. The Labute approximate surface area is 162 Å². The van der Waals surface area contributed by atoms with Gasteiger partial charge in [-0.2, -0.15) is 21.6 Å². The highest BCUT2D eigenvalue weighted by Crippen LogP contribution is 2.24. The van der Waals surface area contributed by atoms with Crippen molar-refractivity contribution < 1.29 is 17.9 Å². The zero-order valence-electron chi connectivity index (χ0n) is 14.6. The molecule has 0 aliphatic carbocycles. The summed E-state index contributed by atoms with van der Waals surface area (Å²) in [6.07, 6.45) is 0. The minimum absolute atomic E-state index is 0.0180. The van der Waals surface area contributed by atoms with E-state index in [1.54, 1.807) is 7.05 Å². The zero-order valence-corrected chi connectivity index (χ0v) is 17.0. The molecule has 0 saturated heterocycles. The van der Waals surface area contributed by atoms with Gasteiger partial charge in [-0.3, -0.25) is 9.48 Å². The Balaban J connectivity index is 2.13. The summed E-state index contributed by atoms with van der Waals surface area (Å²) >= 11 is 7.47. The van der Waals surface area contributed by atoms with Gasteiger partial charge < -0.3 is 4.74 Å². The first-order chi connectivity index (χ1) is 12.3. The monoisotopic (exact) mass is 417 g/mol. The van der Waals surface area contributed by atoms with Crippen LogP contribution in [0.1, 0.15) is 11.3 Å². The summed E-state index contributed by atoms with van der Waals surface area (Å²) in [4.78, 5) is 11.9. The summed E-state index contributed by atoms with van der Waals surface area (Å²) < 4.78 is 33.7. The third kappa shape index (κ3) is 5.00. The average Bonchev–Trinajstić information content (AvgIpc) is 2.86. The number of esters is 1. The van der Waals surface area contributed by atoms with Crippen LogP contribution in [0.4, 0.5) is 0 Å². The van der Waals surface area contributed by atoms with Gasteiger partial charge in [0.15, 0.2) is 0 Å². The Morgan fingerprint density at radius 2 is 2.04 bits per heavy atom. The molecule has 0 unspecified atom stereocenters. The molecule has 0 spiro atoms. The lowest BCUT2D eigenvalue weighted by atomic mass is 10.2. The summed E-state index contributed by atoms with van der Waals surface area (Å²) in [6, 6.07) is 8.65. The molecule has 0 bridgehead atoms. The van der Waals surface area contributed by atoms with Crippen molar-refractivity contribution in [2.45, 2.75) is 23.6 Å². The van der Waals surface area contributed by atoms with Crippen LogP contribution in [0.15, 0.2) is 35.2 Å². The fourth-order valence-electron chi connectivity index (χ4n) is 2.32. The van der Waals surface area contributed by atoms with E-state index in [4.69, 9.17) is 16.3 Å². The number of methoxy groups -OCH3 is 1. The first-order valence-electron chi connectivity index (χ1n) is 7.67. The second-order valence-electron chi connectivity index (χ2n) is 5.53. The molecule has 0 fully saturated rings. The molecule has 0 saturated carbocycles. The first-order valence-corrected chi connectivity index (χ1v) is 10.7. The molecule has 1 aromatic heterocycles. The van der Waals surface area contributed by atoms with Crippen LogP contribution in [0.25, 0.3) is 0 Å². The maximum Gasteiger partial charge on any atom is 0.324 e. The third-order valence-electron chi connectivity index (χ3n) is 3.55. The van der Waals surface area contributed by atoms with Crippen molar-refractivity contribution in [3.05, 3.63) is 46.7 Å². The molecule has 1 aromatic carbocycles. The van der Waals surface area contributed by atoms with Crippen molar-refractivity contribution >= 4 is 39.4 Å². The molecule has 142 valence electrons. The number of carbonyl (C=O) groups is 1. The van der Waals surface area contributed by atoms with E-state index in [9.17, 15) is 13.2 Å².